The highest BCUT2D eigenvalue weighted by Gasteiger charge is 2.24. The van der Waals surface area contributed by atoms with Gasteiger partial charge in [0.15, 0.2) is 0 Å². The zero-order chi connectivity index (χ0) is 17.7. The molecule has 7 heteroatoms. The molecule has 2 N–H and O–H groups in total. The highest BCUT2D eigenvalue weighted by molar-refractivity contribution is 5.75. The minimum Gasteiger partial charge on any atom is -0.481 e. The van der Waals surface area contributed by atoms with Crippen molar-refractivity contribution in [1.29, 1.82) is 0 Å². The van der Waals surface area contributed by atoms with Crippen LogP contribution in [-0.4, -0.2) is 55.2 Å². The van der Waals surface area contributed by atoms with Crippen LogP contribution < -0.4 is 10.2 Å². The molecule has 0 spiro atoms. The van der Waals surface area contributed by atoms with Crippen molar-refractivity contribution in [3.05, 3.63) is 30.1 Å². The quantitative estimate of drug-likeness (QED) is 0.833. The Balaban J connectivity index is 1.76. The Hall–Kier alpha value is -2.31. The van der Waals surface area contributed by atoms with Gasteiger partial charge in [-0.05, 0) is 36.6 Å². The first-order valence-electron chi connectivity index (χ1n) is 8.09. The van der Waals surface area contributed by atoms with Crippen LogP contribution in [0.2, 0.25) is 0 Å². The molecular weight excluding hydrogens is 313 g/mol. The summed E-state index contributed by atoms with van der Waals surface area (Å²) in [6, 6.07) is 6.16. The Morgan fingerprint density at radius 2 is 2.08 bits per heavy atom. The van der Waals surface area contributed by atoms with Crippen molar-refractivity contribution < 1.29 is 19.1 Å². The molecule has 1 aliphatic heterocycles. The lowest BCUT2D eigenvalue weighted by atomic mass is 10.1. The standard InChI is InChI=1S/C17H24FN3O3/c1-12(16(22)23)10-20(2)17(24)19-9-13-7-8-21(11-13)15-5-3-14(18)4-6-15/h3-6,12-13H,7-11H2,1-2H3,(H,19,24)(H,22,23). The SMILES string of the molecule is CC(CN(C)C(=O)NCC1CCN(c2ccc(F)cc2)C1)C(=O)O. The predicted octanol–water partition coefficient (Wildman–Crippen LogP) is 2.01. The smallest absolute Gasteiger partial charge is 0.317 e. The molecule has 2 amide bonds. The lowest BCUT2D eigenvalue weighted by Gasteiger charge is -2.22. The van der Waals surface area contributed by atoms with E-state index >= 15 is 0 Å². The monoisotopic (exact) mass is 337 g/mol. The van der Waals surface area contributed by atoms with Crippen LogP contribution in [0.4, 0.5) is 14.9 Å². The number of amides is 2. The van der Waals surface area contributed by atoms with Crippen molar-refractivity contribution in [3.63, 3.8) is 0 Å². The van der Waals surface area contributed by atoms with Crippen LogP contribution in [0.15, 0.2) is 24.3 Å². The van der Waals surface area contributed by atoms with Gasteiger partial charge in [0.05, 0.1) is 5.92 Å². The minimum atomic E-state index is -0.916. The van der Waals surface area contributed by atoms with E-state index in [1.54, 1.807) is 26.1 Å². The number of aliphatic carboxylic acids is 1. The number of carboxylic acid groups (broad SMARTS) is 1. The first kappa shape index (κ1) is 18.0. The second kappa shape index (κ2) is 7.99. The summed E-state index contributed by atoms with van der Waals surface area (Å²) in [5.41, 5.74) is 0.984. The molecule has 1 aliphatic rings. The molecule has 1 aromatic rings. The third-order valence-corrected chi connectivity index (χ3v) is 4.34. The summed E-state index contributed by atoms with van der Waals surface area (Å²) in [6.07, 6.45) is 0.951. The molecule has 1 aromatic carbocycles. The largest absolute Gasteiger partial charge is 0.481 e. The number of rotatable bonds is 6. The molecule has 2 atom stereocenters. The molecule has 0 radical (unpaired) electrons. The number of carbonyl (C=O) groups excluding carboxylic acids is 1. The summed E-state index contributed by atoms with van der Waals surface area (Å²) >= 11 is 0. The normalized spacial score (nSPS) is 18.3. The second-order valence-corrected chi connectivity index (χ2v) is 6.38. The number of anilines is 1. The molecule has 0 aromatic heterocycles. The highest BCUT2D eigenvalue weighted by Crippen LogP contribution is 2.23. The van der Waals surface area contributed by atoms with E-state index in [1.165, 1.54) is 17.0 Å². The van der Waals surface area contributed by atoms with Gasteiger partial charge in [0, 0.05) is 38.9 Å². The number of nitrogens with zero attached hydrogens (tertiary/aromatic N) is 2. The molecule has 0 bridgehead atoms. The number of hydrogen-bond acceptors (Lipinski definition) is 3. The second-order valence-electron chi connectivity index (χ2n) is 6.38. The van der Waals surface area contributed by atoms with Gasteiger partial charge >= 0.3 is 12.0 Å². The number of carboxylic acids is 1. The van der Waals surface area contributed by atoms with Gasteiger partial charge in [-0.1, -0.05) is 6.92 Å². The molecule has 2 rings (SSSR count). The van der Waals surface area contributed by atoms with E-state index in [-0.39, 0.29) is 18.4 Å². The van der Waals surface area contributed by atoms with Gasteiger partial charge < -0.3 is 20.2 Å². The first-order chi connectivity index (χ1) is 11.4. The molecule has 1 fully saturated rings. The molecule has 0 aliphatic carbocycles. The third kappa shape index (κ3) is 4.84. The van der Waals surface area contributed by atoms with Crippen LogP contribution in [0.25, 0.3) is 0 Å². The Labute approximate surface area is 141 Å². The number of halogens is 1. The summed E-state index contributed by atoms with van der Waals surface area (Å²) in [5, 5.41) is 11.7. The van der Waals surface area contributed by atoms with Gasteiger partial charge in [-0.25, -0.2) is 9.18 Å². The van der Waals surface area contributed by atoms with Crippen LogP contribution in [0.3, 0.4) is 0 Å². The van der Waals surface area contributed by atoms with Gasteiger partial charge in [0.1, 0.15) is 5.82 Å². The predicted molar refractivity (Wildman–Crippen MR) is 89.5 cm³/mol. The lowest BCUT2D eigenvalue weighted by Crippen LogP contribution is -2.42. The molecule has 24 heavy (non-hydrogen) atoms. The topological polar surface area (TPSA) is 72.9 Å². The third-order valence-electron chi connectivity index (χ3n) is 4.34. The van der Waals surface area contributed by atoms with E-state index < -0.39 is 11.9 Å². The summed E-state index contributed by atoms with van der Waals surface area (Å²) in [7, 11) is 1.59. The Morgan fingerprint density at radius 1 is 1.42 bits per heavy atom. The molecule has 2 unspecified atom stereocenters. The Bertz CT molecular complexity index is 579. The van der Waals surface area contributed by atoms with Crippen LogP contribution in [0, 0.1) is 17.7 Å². The fraction of sp³-hybridized carbons (Fsp3) is 0.529. The van der Waals surface area contributed by atoms with E-state index in [2.05, 4.69) is 10.2 Å². The Kier molecular flexibility index (Phi) is 6.00. The Morgan fingerprint density at radius 3 is 2.71 bits per heavy atom. The van der Waals surface area contributed by atoms with Gasteiger partial charge in [-0.15, -0.1) is 0 Å². The fourth-order valence-corrected chi connectivity index (χ4v) is 2.82. The fourth-order valence-electron chi connectivity index (χ4n) is 2.82. The van der Waals surface area contributed by atoms with E-state index in [0.717, 1.165) is 25.2 Å². The van der Waals surface area contributed by atoms with Crippen molar-refractivity contribution in [2.75, 3.05) is 38.1 Å². The van der Waals surface area contributed by atoms with E-state index in [1.807, 2.05) is 0 Å². The molecule has 132 valence electrons. The molecule has 1 heterocycles. The molecular formula is C17H24FN3O3. The van der Waals surface area contributed by atoms with Gasteiger partial charge in [-0.2, -0.15) is 0 Å². The van der Waals surface area contributed by atoms with Crippen LogP contribution in [-0.2, 0) is 4.79 Å². The maximum absolute atomic E-state index is 13.0. The number of nitrogens with one attached hydrogen (secondary N) is 1. The lowest BCUT2D eigenvalue weighted by molar-refractivity contribution is -0.141. The zero-order valence-corrected chi connectivity index (χ0v) is 14.0. The van der Waals surface area contributed by atoms with Crippen molar-refractivity contribution in [3.8, 4) is 0 Å². The van der Waals surface area contributed by atoms with Crippen LogP contribution in [0.5, 0.6) is 0 Å². The summed E-state index contributed by atoms with van der Waals surface area (Å²) < 4.78 is 13.0. The van der Waals surface area contributed by atoms with E-state index in [9.17, 15) is 14.0 Å². The summed E-state index contributed by atoms with van der Waals surface area (Å²) in [4.78, 5) is 26.4. The number of benzene rings is 1. The average Bonchev–Trinajstić information content (AvgIpc) is 3.02. The zero-order valence-electron chi connectivity index (χ0n) is 14.0. The molecule has 6 nitrogen and oxygen atoms in total. The van der Waals surface area contributed by atoms with E-state index in [4.69, 9.17) is 5.11 Å². The highest BCUT2D eigenvalue weighted by atomic mass is 19.1. The average molecular weight is 337 g/mol. The van der Waals surface area contributed by atoms with E-state index in [0.29, 0.717) is 12.5 Å². The first-order valence-corrected chi connectivity index (χ1v) is 8.09. The van der Waals surface area contributed by atoms with Crippen molar-refractivity contribution in [2.45, 2.75) is 13.3 Å². The van der Waals surface area contributed by atoms with Crippen molar-refractivity contribution >= 4 is 17.7 Å². The van der Waals surface area contributed by atoms with Gasteiger partial charge in [0.25, 0.3) is 0 Å². The van der Waals surface area contributed by atoms with Crippen LogP contribution in [0.1, 0.15) is 13.3 Å². The van der Waals surface area contributed by atoms with Gasteiger partial charge in [0.2, 0.25) is 0 Å². The number of urea groups is 1. The molecule has 0 saturated carbocycles. The maximum Gasteiger partial charge on any atom is 0.317 e. The number of hydrogen-bond donors (Lipinski definition) is 2. The maximum atomic E-state index is 13.0. The summed E-state index contributed by atoms with van der Waals surface area (Å²) in [6.45, 7) is 3.97. The number of carbonyl (C=O) groups is 2. The molecule has 1 saturated heterocycles. The summed E-state index contributed by atoms with van der Waals surface area (Å²) in [5.74, 6) is -1.44. The van der Waals surface area contributed by atoms with Crippen molar-refractivity contribution in [2.24, 2.45) is 11.8 Å². The minimum absolute atomic E-state index is 0.174. The van der Waals surface area contributed by atoms with Gasteiger partial charge in [-0.3, -0.25) is 4.79 Å². The van der Waals surface area contributed by atoms with Crippen LogP contribution >= 0.6 is 0 Å². The van der Waals surface area contributed by atoms with Crippen molar-refractivity contribution in [1.82, 2.24) is 10.2 Å².